The van der Waals surface area contributed by atoms with Crippen LogP contribution in [0.1, 0.15) is 17.7 Å². The summed E-state index contributed by atoms with van der Waals surface area (Å²) in [6.45, 7) is 2.53. The Balaban J connectivity index is 1.81. The largest absolute Gasteiger partial charge is 0.469 e. The summed E-state index contributed by atoms with van der Waals surface area (Å²) >= 11 is 1.51. The first-order valence-corrected chi connectivity index (χ1v) is 11.2. The molecule has 1 N–H and O–H groups in total. The van der Waals surface area contributed by atoms with Gasteiger partial charge in [0.05, 0.1) is 24.1 Å². The normalized spacial score (nSPS) is 11.8. The SMILES string of the molecule is CNS(=O)(=O)CCCSc1nnc(-c2ccoc2C)n1Cc1ccccc1. The highest BCUT2D eigenvalue weighted by molar-refractivity contribution is 7.99. The first kappa shape index (κ1) is 19.7. The number of aryl methyl sites for hydroxylation is 1. The number of benzene rings is 1. The van der Waals surface area contributed by atoms with Crippen molar-refractivity contribution in [3.8, 4) is 11.4 Å². The molecule has 3 aromatic rings. The van der Waals surface area contributed by atoms with Gasteiger partial charge in [0.2, 0.25) is 10.0 Å². The molecule has 0 atom stereocenters. The molecule has 0 spiro atoms. The van der Waals surface area contributed by atoms with Crippen molar-refractivity contribution in [2.45, 2.75) is 25.0 Å². The molecule has 3 rings (SSSR count). The summed E-state index contributed by atoms with van der Waals surface area (Å²) in [5, 5.41) is 9.45. The highest BCUT2D eigenvalue weighted by atomic mass is 32.2. The molecule has 144 valence electrons. The fraction of sp³-hybridized carbons (Fsp3) is 0.333. The van der Waals surface area contributed by atoms with Gasteiger partial charge < -0.3 is 4.42 Å². The monoisotopic (exact) mass is 406 g/mol. The molecule has 27 heavy (non-hydrogen) atoms. The third-order valence-electron chi connectivity index (χ3n) is 4.10. The average molecular weight is 407 g/mol. The summed E-state index contributed by atoms with van der Waals surface area (Å²) < 4.78 is 32.9. The molecule has 0 fully saturated rings. The minimum absolute atomic E-state index is 0.0943. The molecule has 2 heterocycles. The molecular formula is C18H22N4O3S2. The van der Waals surface area contributed by atoms with E-state index in [1.807, 2.05) is 35.8 Å². The summed E-state index contributed by atoms with van der Waals surface area (Å²) in [6, 6.07) is 12.0. The molecule has 0 bridgehead atoms. The number of sulfonamides is 1. The van der Waals surface area contributed by atoms with Crippen LogP contribution in [0.3, 0.4) is 0 Å². The van der Waals surface area contributed by atoms with Gasteiger partial charge in [0.25, 0.3) is 0 Å². The number of rotatable bonds is 9. The molecule has 9 heteroatoms. The number of hydrogen-bond donors (Lipinski definition) is 1. The maximum absolute atomic E-state index is 11.6. The zero-order valence-electron chi connectivity index (χ0n) is 15.3. The van der Waals surface area contributed by atoms with Crippen LogP contribution in [0.5, 0.6) is 0 Å². The Bertz CT molecular complexity index is 981. The van der Waals surface area contributed by atoms with Crippen LogP contribution in [0.25, 0.3) is 11.4 Å². The quantitative estimate of drug-likeness (QED) is 0.434. The lowest BCUT2D eigenvalue weighted by Gasteiger charge is -2.10. The van der Waals surface area contributed by atoms with Crippen LogP contribution in [0.2, 0.25) is 0 Å². The highest BCUT2D eigenvalue weighted by Crippen LogP contribution is 2.28. The van der Waals surface area contributed by atoms with Gasteiger partial charge in [0.15, 0.2) is 11.0 Å². The van der Waals surface area contributed by atoms with E-state index >= 15 is 0 Å². The third kappa shape index (κ3) is 5.00. The van der Waals surface area contributed by atoms with Crippen molar-refractivity contribution in [2.75, 3.05) is 18.6 Å². The van der Waals surface area contributed by atoms with E-state index < -0.39 is 10.0 Å². The van der Waals surface area contributed by atoms with Crippen molar-refractivity contribution >= 4 is 21.8 Å². The molecule has 0 aliphatic rings. The lowest BCUT2D eigenvalue weighted by atomic mass is 10.2. The molecule has 0 aliphatic carbocycles. The second-order valence-electron chi connectivity index (χ2n) is 5.99. The Morgan fingerprint density at radius 1 is 1.19 bits per heavy atom. The van der Waals surface area contributed by atoms with E-state index in [0.29, 0.717) is 18.7 Å². The highest BCUT2D eigenvalue weighted by Gasteiger charge is 2.18. The van der Waals surface area contributed by atoms with E-state index in [0.717, 1.165) is 27.9 Å². The number of aromatic nitrogens is 3. The van der Waals surface area contributed by atoms with Gasteiger partial charge in [-0.1, -0.05) is 42.1 Å². The van der Waals surface area contributed by atoms with E-state index in [1.54, 1.807) is 6.26 Å². The average Bonchev–Trinajstić information content (AvgIpc) is 3.25. The first-order valence-electron chi connectivity index (χ1n) is 8.56. The van der Waals surface area contributed by atoms with E-state index in [1.165, 1.54) is 18.8 Å². The van der Waals surface area contributed by atoms with E-state index in [4.69, 9.17) is 4.42 Å². The molecule has 0 amide bonds. The summed E-state index contributed by atoms with van der Waals surface area (Å²) in [5.74, 6) is 2.26. The third-order valence-corrected chi connectivity index (χ3v) is 6.60. The van der Waals surface area contributed by atoms with Crippen molar-refractivity contribution in [1.82, 2.24) is 19.5 Å². The standard InChI is InChI=1S/C18H22N4O3S2/c1-14-16(9-10-25-14)17-20-21-18(26-11-6-12-27(23,24)19-2)22(17)13-15-7-4-3-5-8-15/h3-5,7-10,19H,6,11-13H2,1-2H3. The van der Waals surface area contributed by atoms with Gasteiger partial charge in [0, 0.05) is 5.75 Å². The zero-order valence-corrected chi connectivity index (χ0v) is 16.9. The summed E-state index contributed by atoms with van der Waals surface area (Å²) in [4.78, 5) is 0. The molecule has 0 saturated heterocycles. The maximum atomic E-state index is 11.6. The van der Waals surface area contributed by atoms with Crippen molar-refractivity contribution < 1.29 is 12.8 Å². The minimum Gasteiger partial charge on any atom is -0.469 e. The van der Waals surface area contributed by atoms with Crippen LogP contribution in [0.4, 0.5) is 0 Å². The molecule has 0 radical (unpaired) electrons. The number of thioether (sulfide) groups is 1. The summed E-state index contributed by atoms with van der Waals surface area (Å²) in [6.07, 6.45) is 2.17. The topological polar surface area (TPSA) is 90.0 Å². The molecule has 1 aromatic carbocycles. The van der Waals surface area contributed by atoms with E-state index in [9.17, 15) is 8.42 Å². The van der Waals surface area contributed by atoms with Crippen molar-refractivity contribution in [3.63, 3.8) is 0 Å². The molecule has 7 nitrogen and oxygen atoms in total. The fourth-order valence-electron chi connectivity index (χ4n) is 2.63. The Kier molecular flexibility index (Phi) is 6.35. The Labute approximate surface area is 163 Å². The van der Waals surface area contributed by atoms with Crippen molar-refractivity contribution in [1.29, 1.82) is 0 Å². The Morgan fingerprint density at radius 3 is 2.63 bits per heavy atom. The van der Waals surface area contributed by atoms with Gasteiger partial charge in [-0.25, -0.2) is 13.1 Å². The Morgan fingerprint density at radius 2 is 1.96 bits per heavy atom. The van der Waals surface area contributed by atoms with Gasteiger partial charge in [-0.2, -0.15) is 0 Å². The van der Waals surface area contributed by atoms with E-state index in [2.05, 4.69) is 27.1 Å². The van der Waals surface area contributed by atoms with Gasteiger partial charge in [-0.15, -0.1) is 10.2 Å². The molecular weight excluding hydrogens is 384 g/mol. The molecule has 2 aromatic heterocycles. The van der Waals surface area contributed by atoms with E-state index in [-0.39, 0.29) is 5.75 Å². The second kappa shape index (κ2) is 8.73. The van der Waals surface area contributed by atoms with Crippen LogP contribution in [-0.2, 0) is 16.6 Å². The van der Waals surface area contributed by atoms with Gasteiger partial charge in [-0.3, -0.25) is 4.57 Å². The number of nitrogens with one attached hydrogen (secondary N) is 1. The summed E-state index contributed by atoms with van der Waals surface area (Å²) in [7, 11) is -1.76. The molecule has 0 aliphatic heterocycles. The first-order chi connectivity index (χ1) is 13.0. The summed E-state index contributed by atoms with van der Waals surface area (Å²) in [5.41, 5.74) is 2.04. The van der Waals surface area contributed by atoms with Crippen molar-refractivity contribution in [2.24, 2.45) is 0 Å². The number of furan rings is 1. The number of hydrogen-bond acceptors (Lipinski definition) is 6. The van der Waals surface area contributed by atoms with Crippen molar-refractivity contribution in [3.05, 3.63) is 54.0 Å². The van der Waals surface area contributed by atoms with Gasteiger partial charge in [0.1, 0.15) is 5.76 Å². The number of nitrogens with zero attached hydrogens (tertiary/aromatic N) is 3. The smallest absolute Gasteiger partial charge is 0.211 e. The minimum atomic E-state index is -3.19. The predicted octanol–water partition coefficient (Wildman–Crippen LogP) is 2.93. The lowest BCUT2D eigenvalue weighted by molar-refractivity contribution is 0.534. The van der Waals surface area contributed by atoms with Crippen LogP contribution in [0, 0.1) is 6.92 Å². The maximum Gasteiger partial charge on any atom is 0.211 e. The lowest BCUT2D eigenvalue weighted by Crippen LogP contribution is -2.22. The van der Waals surface area contributed by atoms with Crippen LogP contribution >= 0.6 is 11.8 Å². The van der Waals surface area contributed by atoms with Gasteiger partial charge >= 0.3 is 0 Å². The molecule has 0 unspecified atom stereocenters. The second-order valence-corrected chi connectivity index (χ2v) is 9.10. The Hall–Kier alpha value is -2.10. The van der Waals surface area contributed by atoms with Crippen LogP contribution in [0.15, 0.2) is 52.2 Å². The predicted molar refractivity (Wildman–Crippen MR) is 106 cm³/mol. The zero-order chi connectivity index (χ0) is 19.3. The van der Waals surface area contributed by atoms with Crippen LogP contribution in [-0.4, -0.2) is 41.7 Å². The fourth-order valence-corrected chi connectivity index (χ4v) is 4.42. The van der Waals surface area contributed by atoms with Gasteiger partial charge in [-0.05, 0) is 32.0 Å². The molecule has 0 saturated carbocycles. The van der Waals surface area contributed by atoms with Crippen LogP contribution < -0.4 is 4.72 Å².